The van der Waals surface area contributed by atoms with E-state index in [1.54, 1.807) is 6.20 Å². The van der Waals surface area contributed by atoms with E-state index in [0.717, 1.165) is 43.5 Å². The zero-order valence-electron chi connectivity index (χ0n) is 9.72. The second-order valence-electron chi connectivity index (χ2n) is 4.41. The van der Waals surface area contributed by atoms with E-state index in [2.05, 4.69) is 4.98 Å². The Morgan fingerprint density at radius 3 is 3.19 bits per heavy atom. The Bertz CT molecular complexity index is 334. The summed E-state index contributed by atoms with van der Waals surface area (Å²) < 4.78 is 5.54. The van der Waals surface area contributed by atoms with Crippen molar-refractivity contribution in [1.82, 2.24) is 4.98 Å². The predicted octanol–water partition coefficient (Wildman–Crippen LogP) is 2.38. The Morgan fingerprint density at radius 1 is 1.62 bits per heavy atom. The summed E-state index contributed by atoms with van der Waals surface area (Å²) >= 11 is 0. The predicted molar refractivity (Wildman–Crippen MR) is 62.1 cm³/mol. The van der Waals surface area contributed by atoms with Crippen LogP contribution in [0.4, 0.5) is 0 Å². The third-order valence-corrected chi connectivity index (χ3v) is 3.19. The van der Waals surface area contributed by atoms with E-state index in [1.807, 2.05) is 19.1 Å². The van der Waals surface area contributed by atoms with Crippen LogP contribution in [0, 0.1) is 6.92 Å². The normalized spacial score (nSPS) is 22.2. The van der Waals surface area contributed by atoms with Crippen molar-refractivity contribution in [2.45, 2.75) is 44.8 Å². The van der Waals surface area contributed by atoms with Crippen LogP contribution in [0.5, 0.6) is 0 Å². The molecule has 1 aromatic heterocycles. The zero-order chi connectivity index (χ0) is 11.4. The molecule has 1 saturated heterocycles. The molecule has 0 aromatic carbocycles. The molecule has 88 valence electrons. The molecule has 1 aliphatic heterocycles. The molecule has 3 nitrogen and oxygen atoms in total. The van der Waals surface area contributed by atoms with Crippen LogP contribution in [0.1, 0.15) is 43.0 Å². The lowest BCUT2D eigenvalue weighted by molar-refractivity contribution is 0.0810. The average Bonchev–Trinajstić information content (AvgIpc) is 2.79. The average molecular weight is 221 g/mol. The summed E-state index contributed by atoms with van der Waals surface area (Å²) in [6, 6.07) is 3.82. The van der Waals surface area contributed by atoms with Gasteiger partial charge in [0.05, 0.1) is 12.2 Å². The lowest BCUT2D eigenvalue weighted by atomic mass is 10.0. The minimum Gasteiger partial charge on any atom is -0.388 e. The van der Waals surface area contributed by atoms with Gasteiger partial charge in [0, 0.05) is 24.1 Å². The number of aliphatic hydroxyl groups is 1. The molecule has 2 heterocycles. The van der Waals surface area contributed by atoms with Crippen LogP contribution in [0.2, 0.25) is 0 Å². The first-order valence-electron chi connectivity index (χ1n) is 5.98. The molecule has 2 atom stereocenters. The second-order valence-corrected chi connectivity index (χ2v) is 4.41. The fraction of sp³-hybridized carbons (Fsp3) is 0.615. The van der Waals surface area contributed by atoms with E-state index in [-0.39, 0.29) is 0 Å². The van der Waals surface area contributed by atoms with Gasteiger partial charge in [-0.15, -0.1) is 0 Å². The molecule has 0 amide bonds. The van der Waals surface area contributed by atoms with Gasteiger partial charge in [-0.25, -0.2) is 0 Å². The number of nitrogens with zero attached hydrogens (tertiary/aromatic N) is 1. The molecular weight excluding hydrogens is 202 g/mol. The Hall–Kier alpha value is -0.930. The molecule has 3 heteroatoms. The Balaban J connectivity index is 1.87. The number of pyridine rings is 1. The highest BCUT2D eigenvalue weighted by molar-refractivity contribution is 5.20. The molecule has 0 radical (unpaired) electrons. The summed E-state index contributed by atoms with van der Waals surface area (Å²) in [5.41, 5.74) is 1.86. The van der Waals surface area contributed by atoms with E-state index in [4.69, 9.17) is 4.74 Å². The maximum absolute atomic E-state index is 10.1. The molecule has 0 bridgehead atoms. The van der Waals surface area contributed by atoms with Crippen molar-refractivity contribution in [1.29, 1.82) is 0 Å². The second kappa shape index (κ2) is 5.41. The SMILES string of the molecule is Cc1ncccc1C(O)CCC1CCCO1. The fourth-order valence-corrected chi connectivity index (χ4v) is 2.22. The van der Waals surface area contributed by atoms with E-state index < -0.39 is 6.10 Å². The first kappa shape index (κ1) is 11.6. The van der Waals surface area contributed by atoms with Gasteiger partial charge in [0.15, 0.2) is 0 Å². The lowest BCUT2D eigenvalue weighted by Gasteiger charge is -2.15. The number of aliphatic hydroxyl groups excluding tert-OH is 1. The monoisotopic (exact) mass is 221 g/mol. The van der Waals surface area contributed by atoms with Crippen LogP contribution in [-0.2, 0) is 4.74 Å². The first-order chi connectivity index (χ1) is 7.77. The topological polar surface area (TPSA) is 42.4 Å². The molecule has 1 aromatic rings. The van der Waals surface area contributed by atoms with Crippen molar-refractivity contribution < 1.29 is 9.84 Å². The summed E-state index contributed by atoms with van der Waals surface area (Å²) in [5.74, 6) is 0. The number of hydrogen-bond donors (Lipinski definition) is 1. The van der Waals surface area contributed by atoms with Crippen molar-refractivity contribution in [3.8, 4) is 0 Å². The maximum atomic E-state index is 10.1. The standard InChI is InChI=1S/C13H19NO2/c1-10-12(5-2-8-14-10)13(15)7-6-11-4-3-9-16-11/h2,5,8,11,13,15H,3-4,6-7,9H2,1H3. The third-order valence-electron chi connectivity index (χ3n) is 3.19. The van der Waals surface area contributed by atoms with Gasteiger partial charge >= 0.3 is 0 Å². The number of rotatable bonds is 4. The number of hydrogen-bond acceptors (Lipinski definition) is 3. The van der Waals surface area contributed by atoms with Crippen molar-refractivity contribution in [3.05, 3.63) is 29.6 Å². The van der Waals surface area contributed by atoms with Crippen molar-refractivity contribution in [2.75, 3.05) is 6.61 Å². The molecular formula is C13H19NO2. The van der Waals surface area contributed by atoms with Gasteiger partial charge in [0.1, 0.15) is 0 Å². The Labute approximate surface area is 96.5 Å². The number of ether oxygens (including phenoxy) is 1. The molecule has 1 aliphatic rings. The van der Waals surface area contributed by atoms with Gasteiger partial charge in [-0.3, -0.25) is 4.98 Å². The van der Waals surface area contributed by atoms with Crippen LogP contribution in [0.3, 0.4) is 0 Å². The van der Waals surface area contributed by atoms with Crippen LogP contribution >= 0.6 is 0 Å². The minimum absolute atomic E-state index is 0.353. The van der Waals surface area contributed by atoms with Gasteiger partial charge in [-0.1, -0.05) is 6.07 Å². The van der Waals surface area contributed by atoms with E-state index in [9.17, 15) is 5.11 Å². The van der Waals surface area contributed by atoms with E-state index in [0.29, 0.717) is 6.10 Å². The Morgan fingerprint density at radius 2 is 2.50 bits per heavy atom. The van der Waals surface area contributed by atoms with Crippen molar-refractivity contribution >= 4 is 0 Å². The highest BCUT2D eigenvalue weighted by Crippen LogP contribution is 2.24. The summed E-state index contributed by atoms with van der Waals surface area (Å²) in [4.78, 5) is 4.19. The molecule has 0 saturated carbocycles. The van der Waals surface area contributed by atoms with E-state index in [1.165, 1.54) is 0 Å². The summed E-state index contributed by atoms with van der Waals surface area (Å²) in [5, 5.41) is 10.1. The highest BCUT2D eigenvalue weighted by Gasteiger charge is 2.18. The highest BCUT2D eigenvalue weighted by atomic mass is 16.5. The largest absolute Gasteiger partial charge is 0.388 e. The molecule has 0 aliphatic carbocycles. The Kier molecular flexibility index (Phi) is 3.91. The van der Waals surface area contributed by atoms with Crippen LogP contribution in [0.15, 0.2) is 18.3 Å². The molecule has 0 spiro atoms. The fourth-order valence-electron chi connectivity index (χ4n) is 2.22. The smallest absolute Gasteiger partial charge is 0.0808 e. The van der Waals surface area contributed by atoms with Crippen molar-refractivity contribution in [3.63, 3.8) is 0 Å². The van der Waals surface area contributed by atoms with Gasteiger partial charge in [0.25, 0.3) is 0 Å². The zero-order valence-corrected chi connectivity index (χ0v) is 9.72. The van der Waals surface area contributed by atoms with Gasteiger partial charge in [0.2, 0.25) is 0 Å². The van der Waals surface area contributed by atoms with Gasteiger partial charge in [-0.05, 0) is 38.7 Å². The molecule has 16 heavy (non-hydrogen) atoms. The van der Waals surface area contributed by atoms with E-state index >= 15 is 0 Å². The number of aryl methyl sites for hydroxylation is 1. The third kappa shape index (κ3) is 2.80. The molecule has 2 rings (SSSR count). The first-order valence-corrected chi connectivity index (χ1v) is 5.98. The molecule has 1 N–H and O–H groups in total. The molecule has 1 fully saturated rings. The van der Waals surface area contributed by atoms with Crippen LogP contribution in [-0.4, -0.2) is 22.8 Å². The molecule has 2 unspecified atom stereocenters. The van der Waals surface area contributed by atoms with Crippen LogP contribution in [0.25, 0.3) is 0 Å². The number of aromatic nitrogens is 1. The minimum atomic E-state index is -0.405. The quantitative estimate of drug-likeness (QED) is 0.848. The van der Waals surface area contributed by atoms with Crippen molar-refractivity contribution in [2.24, 2.45) is 0 Å². The maximum Gasteiger partial charge on any atom is 0.0808 e. The summed E-state index contributed by atoms with van der Waals surface area (Å²) in [7, 11) is 0. The lowest BCUT2D eigenvalue weighted by Crippen LogP contribution is -2.09. The van der Waals surface area contributed by atoms with Crippen LogP contribution < -0.4 is 0 Å². The van der Waals surface area contributed by atoms with Gasteiger partial charge in [-0.2, -0.15) is 0 Å². The summed E-state index contributed by atoms with van der Waals surface area (Å²) in [6.45, 7) is 2.82. The summed E-state index contributed by atoms with van der Waals surface area (Å²) in [6.07, 6.45) is 5.70. The van der Waals surface area contributed by atoms with Gasteiger partial charge < -0.3 is 9.84 Å².